The number of nitrogens with zero attached hydrogens (tertiary/aromatic N) is 3. The highest BCUT2D eigenvalue weighted by atomic mass is 16.3. The maximum absolute atomic E-state index is 10.1. The summed E-state index contributed by atoms with van der Waals surface area (Å²) in [4.78, 5) is 0. The molecule has 4 atom stereocenters. The third kappa shape index (κ3) is 5.17. The van der Waals surface area contributed by atoms with Crippen molar-refractivity contribution >= 4 is 0 Å². The molecule has 2 aliphatic carbocycles. The van der Waals surface area contributed by atoms with E-state index in [1.54, 1.807) is 5.57 Å². The summed E-state index contributed by atoms with van der Waals surface area (Å²) in [5.74, 6) is 2.25. The van der Waals surface area contributed by atoms with Crippen LogP contribution in [0.3, 0.4) is 0 Å². The van der Waals surface area contributed by atoms with E-state index >= 15 is 0 Å². The molecule has 0 radical (unpaired) electrons. The lowest BCUT2D eigenvalue weighted by Gasteiger charge is -2.44. The van der Waals surface area contributed by atoms with Crippen molar-refractivity contribution in [1.82, 2.24) is 15.0 Å². The Morgan fingerprint density at radius 1 is 1.25 bits per heavy atom. The second kappa shape index (κ2) is 9.51. The number of aliphatic hydroxyl groups is 1. The van der Waals surface area contributed by atoms with Crippen LogP contribution in [0, 0.1) is 23.2 Å². The van der Waals surface area contributed by atoms with Gasteiger partial charge in [-0.1, -0.05) is 73.9 Å². The summed E-state index contributed by atoms with van der Waals surface area (Å²) in [6, 6.07) is 10.3. The number of benzene rings is 1. The maximum Gasteiger partial charge on any atom is 0.113 e. The van der Waals surface area contributed by atoms with E-state index in [0.29, 0.717) is 5.41 Å². The second-order valence-corrected chi connectivity index (χ2v) is 11.2. The number of allylic oxidation sites excluding steroid dienone is 2. The molecular weight excluding hydrogens is 394 g/mol. The molecule has 0 amide bonds. The summed E-state index contributed by atoms with van der Waals surface area (Å²) in [6.45, 7) is 9.70. The standard InChI is InChI=1S/C28H41N3O/c1-21(10-8-17-27(2,3)32)24-14-15-25-22(13-9-18-28(24,25)4)16-19-31-20-26(29-30-31)23-11-6-5-7-12-23/h5-7,11-12,16,20-21,24-25,32H,8-10,13-15,17-19H2,1-4H3/b22-16+/t21-,24-,25+,28-/m1/s1. The molecule has 1 aromatic carbocycles. The zero-order chi connectivity index (χ0) is 22.8. The molecule has 1 aromatic heterocycles. The quantitative estimate of drug-likeness (QED) is 0.471. The summed E-state index contributed by atoms with van der Waals surface area (Å²) in [6.07, 6.45) is 14.4. The van der Waals surface area contributed by atoms with Gasteiger partial charge in [-0.05, 0) is 75.5 Å². The topological polar surface area (TPSA) is 50.9 Å². The Morgan fingerprint density at radius 2 is 2.03 bits per heavy atom. The number of hydrogen-bond acceptors (Lipinski definition) is 3. The van der Waals surface area contributed by atoms with Crippen LogP contribution in [0.4, 0.5) is 0 Å². The molecule has 2 fully saturated rings. The Morgan fingerprint density at radius 3 is 2.78 bits per heavy atom. The van der Waals surface area contributed by atoms with E-state index in [4.69, 9.17) is 0 Å². The second-order valence-electron chi connectivity index (χ2n) is 11.2. The van der Waals surface area contributed by atoms with E-state index in [2.05, 4.69) is 48.6 Å². The molecule has 2 saturated carbocycles. The van der Waals surface area contributed by atoms with Crippen LogP contribution in [-0.4, -0.2) is 25.7 Å². The fourth-order valence-corrected chi connectivity index (χ4v) is 6.66. The van der Waals surface area contributed by atoms with Gasteiger partial charge in [-0.2, -0.15) is 0 Å². The molecule has 0 aliphatic heterocycles. The average Bonchev–Trinajstić information content (AvgIpc) is 3.36. The van der Waals surface area contributed by atoms with Crippen LogP contribution in [-0.2, 0) is 6.54 Å². The van der Waals surface area contributed by atoms with Gasteiger partial charge in [0, 0.05) is 5.56 Å². The van der Waals surface area contributed by atoms with Gasteiger partial charge in [0.25, 0.3) is 0 Å². The summed E-state index contributed by atoms with van der Waals surface area (Å²) < 4.78 is 1.98. The largest absolute Gasteiger partial charge is 0.390 e. The van der Waals surface area contributed by atoms with E-state index in [1.807, 2.05) is 36.7 Å². The summed E-state index contributed by atoms with van der Waals surface area (Å²) in [5.41, 5.74) is 3.61. The fourth-order valence-electron chi connectivity index (χ4n) is 6.66. The lowest BCUT2D eigenvalue weighted by Crippen LogP contribution is -2.36. The van der Waals surface area contributed by atoms with Gasteiger partial charge in [0.2, 0.25) is 0 Å². The summed E-state index contributed by atoms with van der Waals surface area (Å²) in [5, 5.41) is 18.8. The minimum Gasteiger partial charge on any atom is -0.390 e. The van der Waals surface area contributed by atoms with Gasteiger partial charge in [0.15, 0.2) is 0 Å². The molecule has 0 unspecified atom stereocenters. The minimum atomic E-state index is -0.537. The van der Waals surface area contributed by atoms with E-state index < -0.39 is 5.60 Å². The summed E-state index contributed by atoms with van der Waals surface area (Å²) >= 11 is 0. The molecule has 4 nitrogen and oxygen atoms in total. The highest BCUT2D eigenvalue weighted by Gasteiger charge is 2.50. The van der Waals surface area contributed by atoms with Gasteiger partial charge in [-0.25, -0.2) is 4.68 Å². The number of hydrogen-bond donors (Lipinski definition) is 1. The smallest absolute Gasteiger partial charge is 0.113 e. The molecular formula is C28H41N3O. The van der Waals surface area contributed by atoms with Crippen LogP contribution in [0.1, 0.15) is 79.1 Å². The van der Waals surface area contributed by atoms with E-state index in [9.17, 15) is 5.11 Å². The predicted octanol–water partition coefficient (Wildman–Crippen LogP) is 6.67. The van der Waals surface area contributed by atoms with Gasteiger partial charge < -0.3 is 5.11 Å². The molecule has 4 rings (SSSR count). The SMILES string of the molecule is C[C@H](CCCC(C)(C)O)[C@H]1CC[C@H]2/C(=C/Cn3cc(-c4ccccc4)nn3)CCC[C@]12C. The first-order valence-corrected chi connectivity index (χ1v) is 12.6. The summed E-state index contributed by atoms with van der Waals surface area (Å²) in [7, 11) is 0. The third-order valence-corrected chi connectivity index (χ3v) is 8.32. The zero-order valence-corrected chi connectivity index (χ0v) is 20.4. The maximum atomic E-state index is 10.1. The molecule has 0 bridgehead atoms. The van der Waals surface area contributed by atoms with Gasteiger partial charge in [0.05, 0.1) is 18.3 Å². The highest BCUT2D eigenvalue weighted by molar-refractivity contribution is 5.57. The van der Waals surface area contributed by atoms with Crippen LogP contribution in [0.2, 0.25) is 0 Å². The fraction of sp³-hybridized carbons (Fsp3) is 0.643. The molecule has 0 saturated heterocycles. The lowest BCUT2D eigenvalue weighted by atomic mass is 9.60. The first kappa shape index (κ1) is 23.2. The first-order valence-electron chi connectivity index (χ1n) is 12.6. The third-order valence-electron chi connectivity index (χ3n) is 8.32. The number of fused-ring (bicyclic) bond motifs is 1. The van der Waals surface area contributed by atoms with Crippen molar-refractivity contribution in [2.24, 2.45) is 23.2 Å². The monoisotopic (exact) mass is 435 g/mol. The number of rotatable bonds is 8. The number of aromatic nitrogens is 3. The van der Waals surface area contributed by atoms with Crippen molar-refractivity contribution in [2.45, 2.75) is 91.2 Å². The van der Waals surface area contributed by atoms with Gasteiger partial charge in [-0.3, -0.25) is 0 Å². The Bertz CT molecular complexity index is 910. The lowest BCUT2D eigenvalue weighted by molar-refractivity contribution is 0.0596. The van der Waals surface area contributed by atoms with Crippen LogP contribution in [0.5, 0.6) is 0 Å². The highest BCUT2D eigenvalue weighted by Crippen LogP contribution is 2.59. The van der Waals surface area contributed by atoms with Crippen molar-refractivity contribution < 1.29 is 5.11 Å². The molecule has 1 heterocycles. The van der Waals surface area contributed by atoms with Crippen molar-refractivity contribution in [3.63, 3.8) is 0 Å². The van der Waals surface area contributed by atoms with Crippen LogP contribution in [0.25, 0.3) is 11.3 Å². The van der Waals surface area contributed by atoms with E-state index in [1.165, 1.54) is 38.5 Å². The molecule has 4 heteroatoms. The van der Waals surface area contributed by atoms with Gasteiger partial charge >= 0.3 is 0 Å². The molecule has 2 aliphatic rings. The predicted molar refractivity (Wildman–Crippen MR) is 131 cm³/mol. The minimum absolute atomic E-state index is 0.426. The van der Waals surface area contributed by atoms with E-state index in [0.717, 1.165) is 48.4 Å². The van der Waals surface area contributed by atoms with Crippen molar-refractivity contribution in [2.75, 3.05) is 0 Å². The van der Waals surface area contributed by atoms with Crippen molar-refractivity contribution in [3.8, 4) is 11.3 Å². The van der Waals surface area contributed by atoms with Crippen molar-refractivity contribution in [1.29, 1.82) is 0 Å². The molecule has 32 heavy (non-hydrogen) atoms. The Kier molecular flexibility index (Phi) is 6.90. The van der Waals surface area contributed by atoms with Crippen LogP contribution >= 0.6 is 0 Å². The Labute approximate surface area is 194 Å². The van der Waals surface area contributed by atoms with E-state index in [-0.39, 0.29) is 0 Å². The zero-order valence-electron chi connectivity index (χ0n) is 20.4. The average molecular weight is 436 g/mol. The normalized spacial score (nSPS) is 28.1. The first-order chi connectivity index (χ1) is 15.3. The van der Waals surface area contributed by atoms with Crippen LogP contribution < -0.4 is 0 Å². The molecule has 174 valence electrons. The molecule has 0 spiro atoms. The van der Waals surface area contributed by atoms with Gasteiger partial charge in [0.1, 0.15) is 5.69 Å². The van der Waals surface area contributed by atoms with Gasteiger partial charge in [-0.15, -0.1) is 5.10 Å². The Hall–Kier alpha value is -1.94. The molecule has 1 N–H and O–H groups in total. The molecule has 2 aromatic rings. The Balaban J connectivity index is 1.40. The van der Waals surface area contributed by atoms with Crippen molar-refractivity contribution in [3.05, 3.63) is 48.2 Å². The van der Waals surface area contributed by atoms with Crippen LogP contribution in [0.15, 0.2) is 48.2 Å².